The summed E-state index contributed by atoms with van der Waals surface area (Å²) >= 11 is 0. The Hall–Kier alpha value is -1.93. The average Bonchev–Trinajstić information content (AvgIpc) is 3.08. The van der Waals surface area contributed by atoms with Crippen molar-refractivity contribution in [3.05, 3.63) is 28.6 Å². The normalized spacial score (nSPS) is 21.9. The summed E-state index contributed by atoms with van der Waals surface area (Å²) in [4.78, 5) is 16.4. The Morgan fingerprint density at radius 3 is 2.83 bits per heavy atom. The summed E-state index contributed by atoms with van der Waals surface area (Å²) < 4.78 is 29.6. The molecule has 1 aliphatic carbocycles. The SMILES string of the molecule is CC1CNc2nc(=O)c3cc(S(=O)(=O)NC4(C)CC4)ccc3n21. The van der Waals surface area contributed by atoms with Crippen LogP contribution in [0.2, 0.25) is 0 Å². The van der Waals surface area contributed by atoms with Crippen LogP contribution in [0.1, 0.15) is 32.7 Å². The molecule has 1 aromatic heterocycles. The highest BCUT2D eigenvalue weighted by atomic mass is 32.2. The smallest absolute Gasteiger partial charge is 0.282 e. The van der Waals surface area contributed by atoms with Gasteiger partial charge in [-0.1, -0.05) is 0 Å². The van der Waals surface area contributed by atoms with Crippen molar-refractivity contribution < 1.29 is 8.42 Å². The van der Waals surface area contributed by atoms with Crippen molar-refractivity contribution in [1.82, 2.24) is 14.3 Å². The van der Waals surface area contributed by atoms with Crippen LogP contribution in [0.5, 0.6) is 0 Å². The lowest BCUT2D eigenvalue weighted by molar-refractivity contribution is 0.558. The Morgan fingerprint density at radius 1 is 1.39 bits per heavy atom. The van der Waals surface area contributed by atoms with Crippen molar-refractivity contribution in [2.24, 2.45) is 0 Å². The molecule has 0 bridgehead atoms. The van der Waals surface area contributed by atoms with Crippen LogP contribution >= 0.6 is 0 Å². The molecule has 4 rings (SSSR count). The van der Waals surface area contributed by atoms with Gasteiger partial charge in [0.05, 0.1) is 21.8 Å². The minimum atomic E-state index is -3.63. The van der Waals surface area contributed by atoms with Gasteiger partial charge in [0.2, 0.25) is 16.0 Å². The monoisotopic (exact) mass is 334 g/mol. The number of anilines is 1. The zero-order valence-corrected chi connectivity index (χ0v) is 13.8. The predicted molar refractivity (Wildman–Crippen MR) is 87.2 cm³/mol. The zero-order valence-electron chi connectivity index (χ0n) is 13.0. The van der Waals surface area contributed by atoms with Gasteiger partial charge in [-0.2, -0.15) is 4.98 Å². The number of nitrogens with one attached hydrogen (secondary N) is 2. The van der Waals surface area contributed by atoms with Crippen LogP contribution < -0.4 is 15.6 Å². The number of fused-ring (bicyclic) bond motifs is 3. The highest BCUT2D eigenvalue weighted by molar-refractivity contribution is 7.89. The van der Waals surface area contributed by atoms with E-state index in [4.69, 9.17) is 0 Å². The van der Waals surface area contributed by atoms with Gasteiger partial charge in [-0.15, -0.1) is 0 Å². The molecule has 0 saturated heterocycles. The van der Waals surface area contributed by atoms with E-state index in [0.717, 1.165) is 12.8 Å². The minimum absolute atomic E-state index is 0.108. The van der Waals surface area contributed by atoms with Gasteiger partial charge in [0, 0.05) is 12.1 Å². The van der Waals surface area contributed by atoms with Crippen molar-refractivity contribution in [1.29, 1.82) is 0 Å². The van der Waals surface area contributed by atoms with Crippen molar-refractivity contribution in [3.8, 4) is 0 Å². The molecular formula is C15H18N4O3S. The van der Waals surface area contributed by atoms with E-state index in [1.807, 2.05) is 18.4 Å². The number of hydrogen-bond acceptors (Lipinski definition) is 5. The topological polar surface area (TPSA) is 93.1 Å². The maximum atomic E-state index is 12.5. The summed E-state index contributed by atoms with van der Waals surface area (Å²) in [6.45, 7) is 4.60. The quantitative estimate of drug-likeness (QED) is 0.880. The number of benzene rings is 1. The first-order valence-corrected chi connectivity index (χ1v) is 9.12. The van der Waals surface area contributed by atoms with Crippen LogP contribution in [-0.2, 0) is 10.0 Å². The third kappa shape index (κ3) is 2.33. The van der Waals surface area contributed by atoms with Crippen LogP contribution in [0, 0.1) is 0 Å². The molecule has 122 valence electrons. The predicted octanol–water partition coefficient (Wildman–Crippen LogP) is 1.21. The molecule has 1 fully saturated rings. The van der Waals surface area contributed by atoms with Crippen molar-refractivity contribution in [2.75, 3.05) is 11.9 Å². The second-order valence-electron chi connectivity index (χ2n) is 6.69. The molecule has 1 saturated carbocycles. The summed E-state index contributed by atoms with van der Waals surface area (Å²) in [5, 5.41) is 3.42. The third-order valence-corrected chi connectivity index (χ3v) is 6.22. The first-order valence-electron chi connectivity index (χ1n) is 7.63. The molecule has 1 atom stereocenters. The summed E-state index contributed by atoms with van der Waals surface area (Å²) in [6.07, 6.45) is 1.67. The van der Waals surface area contributed by atoms with E-state index in [1.54, 1.807) is 12.1 Å². The Balaban J connectivity index is 1.88. The number of rotatable bonds is 3. The molecular weight excluding hydrogens is 316 g/mol. The average molecular weight is 334 g/mol. The maximum Gasteiger partial charge on any atom is 0.282 e. The van der Waals surface area contributed by atoms with Crippen LogP contribution in [0.3, 0.4) is 0 Å². The van der Waals surface area contributed by atoms with Crippen LogP contribution in [0.15, 0.2) is 27.9 Å². The summed E-state index contributed by atoms with van der Waals surface area (Å²) in [5.74, 6) is 0.536. The molecule has 2 heterocycles. The van der Waals surface area contributed by atoms with E-state index < -0.39 is 15.6 Å². The summed E-state index contributed by atoms with van der Waals surface area (Å²) in [6, 6.07) is 4.83. The van der Waals surface area contributed by atoms with Gasteiger partial charge >= 0.3 is 0 Å². The first-order chi connectivity index (χ1) is 10.8. The molecule has 1 aliphatic heterocycles. The standard InChI is InChI=1S/C15H18N4O3S/c1-9-8-16-14-17-13(20)11-7-10(3-4-12(11)19(9)14)23(21,22)18-15(2)5-6-15/h3-4,7,9,18H,5-6,8H2,1-2H3,(H,16,17,20). The van der Waals surface area contributed by atoms with E-state index in [0.29, 0.717) is 23.4 Å². The molecule has 2 N–H and O–H groups in total. The summed E-state index contributed by atoms with van der Waals surface area (Å²) in [5.41, 5.74) is -0.0612. The maximum absolute atomic E-state index is 12.5. The lowest BCUT2D eigenvalue weighted by Gasteiger charge is -2.14. The third-order valence-electron chi connectivity index (χ3n) is 4.58. The number of sulfonamides is 1. The highest BCUT2D eigenvalue weighted by Crippen LogP contribution is 2.36. The highest BCUT2D eigenvalue weighted by Gasteiger charge is 2.41. The van der Waals surface area contributed by atoms with Crippen LogP contribution in [0.4, 0.5) is 5.95 Å². The van der Waals surface area contributed by atoms with Crippen molar-refractivity contribution in [2.45, 2.75) is 43.2 Å². The Labute approximate surface area is 133 Å². The Bertz CT molecular complexity index is 976. The Morgan fingerprint density at radius 2 is 2.13 bits per heavy atom. The number of hydrogen-bond donors (Lipinski definition) is 2. The lowest BCUT2D eigenvalue weighted by Crippen LogP contribution is -2.34. The van der Waals surface area contributed by atoms with Crippen molar-refractivity contribution >= 4 is 26.9 Å². The molecule has 0 amide bonds. The molecule has 0 spiro atoms. The minimum Gasteiger partial charge on any atom is -0.353 e. The number of nitrogens with zero attached hydrogens (tertiary/aromatic N) is 2. The van der Waals surface area contributed by atoms with Crippen molar-refractivity contribution in [3.63, 3.8) is 0 Å². The molecule has 2 aromatic rings. The fraction of sp³-hybridized carbons (Fsp3) is 0.467. The van der Waals surface area contributed by atoms with E-state index >= 15 is 0 Å². The van der Waals surface area contributed by atoms with E-state index in [1.165, 1.54) is 6.07 Å². The Kier molecular flexibility index (Phi) is 2.90. The number of aromatic nitrogens is 2. The van der Waals surface area contributed by atoms with E-state index in [-0.39, 0.29) is 16.5 Å². The van der Waals surface area contributed by atoms with Gasteiger partial charge in [0.25, 0.3) is 5.56 Å². The summed E-state index contributed by atoms with van der Waals surface area (Å²) in [7, 11) is -3.63. The molecule has 8 heteroatoms. The van der Waals surface area contributed by atoms with Crippen LogP contribution in [0.25, 0.3) is 10.9 Å². The second-order valence-corrected chi connectivity index (χ2v) is 8.37. The van der Waals surface area contributed by atoms with E-state index in [9.17, 15) is 13.2 Å². The zero-order chi connectivity index (χ0) is 16.4. The van der Waals surface area contributed by atoms with Gasteiger partial charge in [0.1, 0.15) is 0 Å². The fourth-order valence-electron chi connectivity index (χ4n) is 2.96. The molecule has 7 nitrogen and oxygen atoms in total. The van der Waals surface area contributed by atoms with E-state index in [2.05, 4.69) is 15.0 Å². The first kappa shape index (κ1) is 14.6. The molecule has 23 heavy (non-hydrogen) atoms. The molecule has 1 unspecified atom stereocenters. The largest absolute Gasteiger partial charge is 0.353 e. The molecule has 2 aliphatic rings. The van der Waals surface area contributed by atoms with Gasteiger partial charge < -0.3 is 9.88 Å². The van der Waals surface area contributed by atoms with Gasteiger partial charge in [0.15, 0.2) is 0 Å². The second kappa shape index (κ2) is 4.55. The van der Waals surface area contributed by atoms with Gasteiger partial charge in [-0.25, -0.2) is 13.1 Å². The molecule has 0 radical (unpaired) electrons. The van der Waals surface area contributed by atoms with Gasteiger partial charge in [-0.05, 0) is 44.9 Å². The molecule has 1 aromatic carbocycles. The van der Waals surface area contributed by atoms with Gasteiger partial charge in [-0.3, -0.25) is 4.79 Å². The van der Waals surface area contributed by atoms with Crippen LogP contribution in [-0.4, -0.2) is 30.1 Å². The lowest BCUT2D eigenvalue weighted by atomic mass is 10.2. The fourth-order valence-corrected chi connectivity index (χ4v) is 4.45.